The molecule has 0 radical (unpaired) electrons. The van der Waals surface area contributed by atoms with E-state index in [1.807, 2.05) is 18.3 Å². The average molecular weight is 244 g/mol. The highest BCUT2D eigenvalue weighted by Gasteiger charge is 2.27. The summed E-state index contributed by atoms with van der Waals surface area (Å²) < 4.78 is 0. The maximum absolute atomic E-state index is 10.9. The van der Waals surface area contributed by atoms with Gasteiger partial charge in [0.1, 0.15) is 0 Å². The van der Waals surface area contributed by atoms with E-state index in [1.165, 1.54) is 5.39 Å². The number of aliphatic carboxylic acids is 1. The number of benzene rings is 1. The molecule has 2 heterocycles. The number of carboxylic acids is 1. The number of fused-ring (bicyclic) bond motifs is 1. The van der Waals surface area contributed by atoms with Crippen molar-refractivity contribution >= 4 is 22.6 Å². The minimum absolute atomic E-state index is 0.122. The van der Waals surface area contributed by atoms with Gasteiger partial charge in [-0.2, -0.15) is 0 Å². The molecule has 94 valence electrons. The van der Waals surface area contributed by atoms with Gasteiger partial charge < -0.3 is 15.0 Å². The largest absolute Gasteiger partial charge is 0.481 e. The van der Waals surface area contributed by atoms with E-state index in [4.69, 9.17) is 5.11 Å². The van der Waals surface area contributed by atoms with Crippen LogP contribution >= 0.6 is 0 Å². The second-order valence-corrected chi connectivity index (χ2v) is 4.81. The molecule has 1 aliphatic heterocycles. The molecule has 1 aromatic heterocycles. The normalized spacial score (nSPS) is 19.6. The molecule has 3 rings (SSSR count). The zero-order chi connectivity index (χ0) is 12.5. The van der Waals surface area contributed by atoms with Crippen molar-refractivity contribution in [2.24, 2.45) is 0 Å². The van der Waals surface area contributed by atoms with Gasteiger partial charge in [0, 0.05) is 24.2 Å². The summed E-state index contributed by atoms with van der Waals surface area (Å²) in [6, 6.07) is 8.33. The van der Waals surface area contributed by atoms with Crippen LogP contribution in [0, 0.1) is 0 Å². The Kier molecular flexibility index (Phi) is 2.70. The Hall–Kier alpha value is -1.97. The van der Waals surface area contributed by atoms with Gasteiger partial charge in [0.25, 0.3) is 0 Å². The lowest BCUT2D eigenvalue weighted by Gasteiger charge is -2.26. The van der Waals surface area contributed by atoms with E-state index in [-0.39, 0.29) is 12.5 Å². The van der Waals surface area contributed by atoms with Crippen LogP contribution in [0.3, 0.4) is 0 Å². The van der Waals surface area contributed by atoms with Crippen molar-refractivity contribution in [3.63, 3.8) is 0 Å². The standard InChI is InChI=1S/C14H16N2O2/c17-13(18)9-11-4-2-8-16(11)12-5-1-3-10-6-7-15-14(10)12/h1,3,5-7,11,15H,2,4,8-9H2,(H,17,18). The molecule has 0 aliphatic carbocycles. The van der Waals surface area contributed by atoms with Gasteiger partial charge in [-0.3, -0.25) is 4.79 Å². The molecule has 1 atom stereocenters. The smallest absolute Gasteiger partial charge is 0.305 e. The Morgan fingerprint density at radius 3 is 3.17 bits per heavy atom. The maximum atomic E-state index is 10.9. The van der Waals surface area contributed by atoms with Gasteiger partial charge in [-0.05, 0) is 25.0 Å². The van der Waals surface area contributed by atoms with Crippen LogP contribution in [0.2, 0.25) is 0 Å². The van der Waals surface area contributed by atoms with Crippen molar-refractivity contribution in [2.45, 2.75) is 25.3 Å². The molecule has 1 aliphatic rings. The zero-order valence-corrected chi connectivity index (χ0v) is 10.1. The third kappa shape index (κ3) is 1.83. The minimum atomic E-state index is -0.717. The summed E-state index contributed by atoms with van der Waals surface area (Å²) in [5.74, 6) is -0.717. The molecular formula is C14H16N2O2. The summed E-state index contributed by atoms with van der Waals surface area (Å²) in [6.07, 6.45) is 4.17. The van der Waals surface area contributed by atoms with Gasteiger partial charge in [-0.1, -0.05) is 12.1 Å². The van der Waals surface area contributed by atoms with Crippen LogP contribution in [-0.2, 0) is 4.79 Å². The van der Waals surface area contributed by atoms with Crippen LogP contribution < -0.4 is 4.90 Å². The Morgan fingerprint density at radius 2 is 2.33 bits per heavy atom. The summed E-state index contributed by atoms with van der Waals surface area (Å²) in [7, 11) is 0. The first kappa shape index (κ1) is 11.1. The number of hydrogen-bond acceptors (Lipinski definition) is 2. The lowest BCUT2D eigenvalue weighted by Crippen LogP contribution is -2.31. The maximum Gasteiger partial charge on any atom is 0.305 e. The topological polar surface area (TPSA) is 56.3 Å². The number of nitrogens with zero attached hydrogens (tertiary/aromatic N) is 1. The molecule has 1 fully saturated rings. The van der Waals surface area contributed by atoms with E-state index in [9.17, 15) is 4.79 Å². The monoisotopic (exact) mass is 244 g/mol. The van der Waals surface area contributed by atoms with E-state index >= 15 is 0 Å². The predicted molar refractivity (Wildman–Crippen MR) is 70.9 cm³/mol. The van der Waals surface area contributed by atoms with Gasteiger partial charge in [0.2, 0.25) is 0 Å². The Bertz CT molecular complexity index is 576. The second kappa shape index (κ2) is 4.37. The summed E-state index contributed by atoms with van der Waals surface area (Å²) in [6.45, 7) is 0.941. The van der Waals surface area contributed by atoms with Crippen LogP contribution in [0.15, 0.2) is 30.5 Å². The van der Waals surface area contributed by atoms with Crippen molar-refractivity contribution in [3.05, 3.63) is 30.5 Å². The van der Waals surface area contributed by atoms with Crippen molar-refractivity contribution in [2.75, 3.05) is 11.4 Å². The van der Waals surface area contributed by atoms with Gasteiger partial charge in [-0.25, -0.2) is 0 Å². The second-order valence-electron chi connectivity index (χ2n) is 4.81. The molecule has 0 spiro atoms. The number of nitrogens with one attached hydrogen (secondary N) is 1. The first-order valence-electron chi connectivity index (χ1n) is 6.30. The number of carboxylic acid groups (broad SMARTS) is 1. The Labute approximate surface area is 105 Å². The summed E-state index contributed by atoms with van der Waals surface area (Å²) >= 11 is 0. The number of H-pyrrole nitrogens is 1. The highest BCUT2D eigenvalue weighted by Crippen LogP contribution is 2.32. The zero-order valence-electron chi connectivity index (χ0n) is 10.1. The van der Waals surface area contributed by atoms with Crippen LogP contribution in [0.4, 0.5) is 5.69 Å². The first-order valence-corrected chi connectivity index (χ1v) is 6.30. The number of aromatic amines is 1. The lowest BCUT2D eigenvalue weighted by molar-refractivity contribution is -0.137. The highest BCUT2D eigenvalue weighted by molar-refractivity contribution is 5.91. The number of para-hydroxylation sites is 1. The SMILES string of the molecule is O=C(O)CC1CCCN1c1cccc2cc[nH]c12. The molecule has 0 saturated carbocycles. The molecule has 4 heteroatoms. The van der Waals surface area contributed by atoms with E-state index in [2.05, 4.69) is 22.0 Å². The summed E-state index contributed by atoms with van der Waals surface area (Å²) in [5, 5.41) is 10.2. The molecule has 0 amide bonds. The summed E-state index contributed by atoms with van der Waals surface area (Å²) in [4.78, 5) is 16.4. The minimum Gasteiger partial charge on any atom is -0.481 e. The lowest BCUT2D eigenvalue weighted by atomic mass is 10.1. The fourth-order valence-electron chi connectivity index (χ4n) is 2.87. The quantitative estimate of drug-likeness (QED) is 0.872. The van der Waals surface area contributed by atoms with Crippen molar-refractivity contribution < 1.29 is 9.90 Å². The van der Waals surface area contributed by atoms with Crippen molar-refractivity contribution in [1.82, 2.24) is 4.98 Å². The number of aromatic nitrogens is 1. The number of anilines is 1. The fraction of sp³-hybridized carbons (Fsp3) is 0.357. The number of rotatable bonds is 3. The Balaban J connectivity index is 1.98. The van der Waals surface area contributed by atoms with E-state index in [1.54, 1.807) is 0 Å². The highest BCUT2D eigenvalue weighted by atomic mass is 16.4. The van der Waals surface area contributed by atoms with Crippen molar-refractivity contribution in [3.8, 4) is 0 Å². The average Bonchev–Trinajstić information content (AvgIpc) is 2.95. The first-order chi connectivity index (χ1) is 8.75. The van der Waals surface area contributed by atoms with Crippen LogP contribution in [0.5, 0.6) is 0 Å². The molecule has 1 unspecified atom stereocenters. The van der Waals surface area contributed by atoms with Gasteiger partial charge >= 0.3 is 5.97 Å². The van der Waals surface area contributed by atoms with Crippen LogP contribution in [0.1, 0.15) is 19.3 Å². The van der Waals surface area contributed by atoms with Crippen LogP contribution in [-0.4, -0.2) is 28.6 Å². The summed E-state index contributed by atoms with van der Waals surface area (Å²) in [5.41, 5.74) is 2.23. The van der Waals surface area contributed by atoms with Gasteiger partial charge in [0.05, 0.1) is 17.6 Å². The van der Waals surface area contributed by atoms with E-state index in [0.29, 0.717) is 0 Å². The van der Waals surface area contributed by atoms with Gasteiger partial charge in [0.15, 0.2) is 0 Å². The molecule has 2 N–H and O–H groups in total. The molecular weight excluding hydrogens is 228 g/mol. The molecule has 4 nitrogen and oxygen atoms in total. The molecule has 18 heavy (non-hydrogen) atoms. The third-order valence-corrected chi connectivity index (χ3v) is 3.66. The molecule has 1 saturated heterocycles. The van der Waals surface area contributed by atoms with Crippen LogP contribution in [0.25, 0.3) is 10.9 Å². The molecule has 0 bridgehead atoms. The van der Waals surface area contributed by atoms with Gasteiger partial charge in [-0.15, -0.1) is 0 Å². The molecule has 2 aromatic rings. The third-order valence-electron chi connectivity index (χ3n) is 3.66. The van der Waals surface area contributed by atoms with E-state index < -0.39 is 5.97 Å². The predicted octanol–water partition coefficient (Wildman–Crippen LogP) is 2.61. The van der Waals surface area contributed by atoms with Crippen molar-refractivity contribution in [1.29, 1.82) is 0 Å². The van der Waals surface area contributed by atoms with E-state index in [0.717, 1.165) is 30.6 Å². The molecule has 1 aromatic carbocycles. The fourth-order valence-corrected chi connectivity index (χ4v) is 2.87. The Morgan fingerprint density at radius 1 is 1.44 bits per heavy atom. The number of carbonyl (C=O) groups is 1. The number of hydrogen-bond donors (Lipinski definition) is 2.